The van der Waals surface area contributed by atoms with E-state index in [-0.39, 0.29) is 23.8 Å². The van der Waals surface area contributed by atoms with E-state index in [9.17, 15) is 14.4 Å². The van der Waals surface area contributed by atoms with Crippen molar-refractivity contribution in [3.05, 3.63) is 34.9 Å². The lowest BCUT2D eigenvalue weighted by Crippen LogP contribution is -2.61. The van der Waals surface area contributed by atoms with Gasteiger partial charge in [-0.3, -0.25) is 19.3 Å². The molecule has 0 aromatic heterocycles. The van der Waals surface area contributed by atoms with Crippen LogP contribution in [0.15, 0.2) is 24.3 Å². The Hall–Kier alpha value is -2.16. The van der Waals surface area contributed by atoms with Gasteiger partial charge in [-0.2, -0.15) is 0 Å². The average molecular weight is 586 g/mol. The number of hydrogen-bond acceptors (Lipinski definition) is 5. The molecule has 9 heteroatoms. The lowest BCUT2D eigenvalue weighted by atomic mass is 9.63. The van der Waals surface area contributed by atoms with Crippen LogP contribution >= 0.6 is 11.6 Å². The topological polar surface area (TPSA) is 93.8 Å². The first-order chi connectivity index (χ1) is 19.9. The zero-order valence-electron chi connectivity index (χ0n) is 24.6. The largest absolute Gasteiger partial charge is 0.353 e. The summed E-state index contributed by atoms with van der Waals surface area (Å²) in [5, 5.41) is 10.5. The number of piperazine rings is 1. The molecule has 2 aliphatic heterocycles. The van der Waals surface area contributed by atoms with Gasteiger partial charge in [0.15, 0.2) is 0 Å². The van der Waals surface area contributed by atoms with Gasteiger partial charge in [0.1, 0.15) is 12.1 Å². The maximum absolute atomic E-state index is 14.1. The van der Waals surface area contributed by atoms with Crippen LogP contribution in [0.1, 0.15) is 76.2 Å². The molecule has 1 aromatic carbocycles. The number of likely N-dealkylation sites (N-methyl/N-ethyl adjacent to an activating group) is 1. The van der Waals surface area contributed by atoms with E-state index >= 15 is 0 Å². The van der Waals surface area contributed by atoms with Gasteiger partial charge in [-0.1, -0.05) is 55.8 Å². The second-order valence-electron chi connectivity index (χ2n) is 12.9. The Labute approximate surface area is 250 Å². The molecule has 1 aromatic rings. The highest BCUT2D eigenvalue weighted by Crippen LogP contribution is 2.46. The number of amides is 3. The number of halogens is 1. The van der Waals surface area contributed by atoms with Gasteiger partial charge in [-0.25, -0.2) is 0 Å². The van der Waals surface area contributed by atoms with Crippen molar-refractivity contribution in [1.29, 1.82) is 0 Å². The van der Waals surface area contributed by atoms with Crippen molar-refractivity contribution < 1.29 is 14.4 Å². The lowest BCUT2D eigenvalue weighted by Gasteiger charge is -2.47. The fourth-order valence-corrected chi connectivity index (χ4v) is 7.77. The monoisotopic (exact) mass is 585 g/mol. The number of nitrogens with zero attached hydrogens (tertiary/aromatic N) is 2. The molecule has 0 radical (unpaired) electrons. The molecule has 4 fully saturated rings. The maximum atomic E-state index is 14.1. The fraction of sp³-hybridized carbons (Fsp3) is 0.719. The molecule has 0 spiro atoms. The first-order valence-corrected chi connectivity index (χ1v) is 16.3. The highest BCUT2D eigenvalue weighted by molar-refractivity contribution is 6.30. The van der Waals surface area contributed by atoms with E-state index in [1.54, 1.807) is 0 Å². The summed E-state index contributed by atoms with van der Waals surface area (Å²) in [6.07, 6.45) is 12.2. The highest BCUT2D eigenvalue weighted by Gasteiger charge is 2.49. The van der Waals surface area contributed by atoms with E-state index < -0.39 is 11.5 Å². The summed E-state index contributed by atoms with van der Waals surface area (Å²) in [4.78, 5) is 45.3. The minimum absolute atomic E-state index is 0.0619. The number of nitrogens with one attached hydrogen (secondary N) is 3. The molecule has 0 bridgehead atoms. The third kappa shape index (κ3) is 7.26. The Kier molecular flexibility index (Phi) is 10.3. The van der Waals surface area contributed by atoms with Gasteiger partial charge < -0.3 is 20.9 Å². The van der Waals surface area contributed by atoms with Gasteiger partial charge in [-0.15, -0.1) is 0 Å². The predicted molar refractivity (Wildman–Crippen MR) is 162 cm³/mol. The summed E-state index contributed by atoms with van der Waals surface area (Å²) in [7, 11) is 1.95. The zero-order chi connectivity index (χ0) is 28.8. The summed E-state index contributed by atoms with van der Waals surface area (Å²) >= 11 is 6.11. The molecule has 2 saturated heterocycles. The van der Waals surface area contributed by atoms with E-state index in [1.165, 1.54) is 32.1 Å². The minimum Gasteiger partial charge on any atom is -0.353 e. The van der Waals surface area contributed by atoms with Gasteiger partial charge in [0, 0.05) is 50.2 Å². The number of benzene rings is 1. The number of rotatable bonds is 8. The summed E-state index contributed by atoms with van der Waals surface area (Å²) in [5.74, 6) is 0.417. The van der Waals surface area contributed by atoms with Crippen molar-refractivity contribution in [3.8, 4) is 0 Å². The second-order valence-corrected chi connectivity index (χ2v) is 13.3. The summed E-state index contributed by atoms with van der Waals surface area (Å²) < 4.78 is 0. The van der Waals surface area contributed by atoms with Gasteiger partial charge in [-0.05, 0) is 69.2 Å². The van der Waals surface area contributed by atoms with Gasteiger partial charge in [0.05, 0.1) is 5.41 Å². The highest BCUT2D eigenvalue weighted by atomic mass is 35.5. The van der Waals surface area contributed by atoms with E-state index in [0.29, 0.717) is 55.9 Å². The molecule has 3 amide bonds. The van der Waals surface area contributed by atoms with Crippen molar-refractivity contribution in [3.63, 3.8) is 0 Å². The van der Waals surface area contributed by atoms with Crippen molar-refractivity contribution >= 4 is 29.3 Å². The van der Waals surface area contributed by atoms with Crippen LogP contribution in [0.4, 0.5) is 0 Å². The Balaban J connectivity index is 1.30. The molecule has 2 heterocycles. The molecular formula is C32H48ClN5O3. The van der Waals surface area contributed by atoms with Gasteiger partial charge in [0.2, 0.25) is 17.7 Å². The molecule has 5 rings (SSSR count). The molecule has 4 aliphatic rings. The molecular weight excluding hydrogens is 538 g/mol. The lowest BCUT2D eigenvalue weighted by molar-refractivity contribution is -0.147. The summed E-state index contributed by atoms with van der Waals surface area (Å²) in [6, 6.07) is 6.79. The number of likely N-dealkylation sites (tertiary alicyclic amines) is 1. The van der Waals surface area contributed by atoms with Crippen LogP contribution in [0.25, 0.3) is 0 Å². The number of hydrogen-bond donors (Lipinski definition) is 3. The Morgan fingerprint density at radius 1 is 0.976 bits per heavy atom. The Morgan fingerprint density at radius 3 is 2.29 bits per heavy atom. The van der Waals surface area contributed by atoms with Crippen LogP contribution in [-0.2, 0) is 20.8 Å². The standard InChI is InChI=1S/C32H48ClN5O3/c1-37-20-17-34-22-28(37)29(39)36-27(21-23-11-13-25(33)14-12-23)30(40)38-18-15-32(16-19-38,24-7-3-2-4-8-24)31(41)35-26-9-5-6-10-26/h11-14,24,26-28,34H,2-10,15-22H2,1H3,(H,35,41)(H,36,39)/t27-,28-/m1/s1. The second kappa shape index (κ2) is 13.9. The molecule has 3 N–H and O–H groups in total. The third-order valence-electron chi connectivity index (χ3n) is 10.3. The third-order valence-corrected chi connectivity index (χ3v) is 10.5. The fourth-order valence-electron chi connectivity index (χ4n) is 7.64. The van der Waals surface area contributed by atoms with Crippen molar-refractivity contribution in [2.24, 2.45) is 11.3 Å². The summed E-state index contributed by atoms with van der Waals surface area (Å²) in [5.41, 5.74) is 0.554. The zero-order valence-corrected chi connectivity index (χ0v) is 25.4. The smallest absolute Gasteiger partial charge is 0.245 e. The van der Waals surface area contributed by atoms with Crippen LogP contribution in [0, 0.1) is 11.3 Å². The normalized spacial score (nSPS) is 25.0. The SMILES string of the molecule is CN1CCNC[C@@H]1C(=O)N[C@H](Cc1ccc(Cl)cc1)C(=O)N1CCC(C(=O)NC2CCCC2)(C2CCCCC2)CC1. The number of carbonyl (C=O) groups is 3. The summed E-state index contributed by atoms with van der Waals surface area (Å²) in [6.45, 7) is 3.29. The van der Waals surface area contributed by atoms with Crippen molar-refractivity contribution in [2.45, 2.75) is 95.2 Å². The van der Waals surface area contributed by atoms with E-state index in [1.807, 2.05) is 41.1 Å². The maximum Gasteiger partial charge on any atom is 0.245 e. The molecule has 226 valence electrons. The first-order valence-electron chi connectivity index (χ1n) is 15.9. The Morgan fingerprint density at radius 2 is 1.63 bits per heavy atom. The minimum atomic E-state index is -0.673. The predicted octanol–water partition coefficient (Wildman–Crippen LogP) is 3.52. The van der Waals surface area contributed by atoms with Crippen molar-refractivity contribution in [1.82, 2.24) is 25.8 Å². The number of carbonyl (C=O) groups excluding carboxylic acids is 3. The van der Waals surface area contributed by atoms with Gasteiger partial charge >= 0.3 is 0 Å². The van der Waals surface area contributed by atoms with Crippen molar-refractivity contribution in [2.75, 3.05) is 39.8 Å². The van der Waals surface area contributed by atoms with Crippen LogP contribution in [0.3, 0.4) is 0 Å². The molecule has 8 nitrogen and oxygen atoms in total. The Bertz CT molecular complexity index is 1050. The molecule has 2 aliphatic carbocycles. The van der Waals surface area contributed by atoms with E-state index in [0.717, 1.165) is 44.3 Å². The first kappa shape index (κ1) is 30.3. The molecule has 41 heavy (non-hydrogen) atoms. The van der Waals surface area contributed by atoms with E-state index in [2.05, 4.69) is 16.0 Å². The molecule has 2 atom stereocenters. The quantitative estimate of drug-likeness (QED) is 0.434. The molecule has 0 unspecified atom stereocenters. The van der Waals surface area contributed by atoms with Gasteiger partial charge in [0.25, 0.3) is 0 Å². The van der Waals surface area contributed by atoms with Crippen LogP contribution < -0.4 is 16.0 Å². The number of piperidine rings is 1. The molecule has 2 saturated carbocycles. The van der Waals surface area contributed by atoms with Crippen LogP contribution in [0.2, 0.25) is 5.02 Å². The van der Waals surface area contributed by atoms with Crippen LogP contribution in [0.5, 0.6) is 0 Å². The van der Waals surface area contributed by atoms with Crippen LogP contribution in [-0.4, -0.2) is 85.4 Å². The van der Waals surface area contributed by atoms with E-state index in [4.69, 9.17) is 11.6 Å². The average Bonchev–Trinajstić information content (AvgIpc) is 3.51.